The van der Waals surface area contributed by atoms with Crippen molar-refractivity contribution in [3.63, 3.8) is 0 Å². The Balaban J connectivity index is 2.02. The van der Waals surface area contributed by atoms with E-state index in [4.69, 9.17) is 4.74 Å². The van der Waals surface area contributed by atoms with Crippen molar-refractivity contribution in [2.24, 2.45) is 0 Å². The van der Waals surface area contributed by atoms with Crippen molar-refractivity contribution >= 4 is 5.97 Å². The first-order valence-corrected chi connectivity index (χ1v) is 8.67. The largest absolute Gasteiger partial charge is 0.483 e. The topological polar surface area (TPSA) is 46.5 Å². The highest BCUT2D eigenvalue weighted by Gasteiger charge is 2.46. The van der Waals surface area contributed by atoms with Crippen molar-refractivity contribution in [1.82, 2.24) is 0 Å². The van der Waals surface area contributed by atoms with Crippen molar-refractivity contribution in [3.05, 3.63) is 53.6 Å². The molecule has 2 aromatic carbocycles. The lowest BCUT2D eigenvalue weighted by Crippen LogP contribution is -2.42. The molecule has 29 heavy (non-hydrogen) atoms. The van der Waals surface area contributed by atoms with Gasteiger partial charge in [-0.3, -0.25) is 4.79 Å². The molecular weight excluding hydrogens is 402 g/mol. The molecule has 1 fully saturated rings. The number of alkyl halides is 6. The number of rotatable bonds is 5. The molecule has 0 heterocycles. The van der Waals surface area contributed by atoms with Gasteiger partial charge in [-0.15, -0.1) is 0 Å². The molecule has 0 aliphatic heterocycles. The zero-order valence-corrected chi connectivity index (χ0v) is 14.9. The molecule has 0 bridgehead atoms. The van der Waals surface area contributed by atoms with Crippen LogP contribution in [0.15, 0.2) is 42.5 Å². The maximum atomic E-state index is 12.8. The van der Waals surface area contributed by atoms with Crippen LogP contribution in [0.3, 0.4) is 0 Å². The number of hydrogen-bond donors (Lipinski definition) is 1. The predicted molar refractivity (Wildman–Crippen MR) is 91.6 cm³/mol. The Kier molecular flexibility index (Phi) is 5.27. The number of carbonyl (C=O) groups is 1. The standard InChI is InChI=1S/C20H16F6O3/c21-19(22,23)11-29-16-10-14(18(17(27)28)8-1-9-18)6-7-15(16)12-2-4-13(5-3-12)20(24,25)26/h2-7,10H,1,8-9,11H2,(H,27,28). The lowest BCUT2D eigenvalue weighted by molar-refractivity contribution is -0.153. The lowest BCUT2D eigenvalue weighted by Gasteiger charge is -2.38. The van der Waals surface area contributed by atoms with Crippen LogP contribution in [-0.4, -0.2) is 23.9 Å². The van der Waals surface area contributed by atoms with E-state index in [1.807, 2.05) is 0 Å². The van der Waals surface area contributed by atoms with Gasteiger partial charge in [0.05, 0.1) is 11.0 Å². The first-order chi connectivity index (χ1) is 13.4. The summed E-state index contributed by atoms with van der Waals surface area (Å²) in [5, 5.41) is 9.55. The Morgan fingerprint density at radius 2 is 1.62 bits per heavy atom. The predicted octanol–water partition coefficient (Wildman–Crippen LogP) is 5.82. The molecule has 0 aromatic heterocycles. The first-order valence-electron chi connectivity index (χ1n) is 8.67. The van der Waals surface area contributed by atoms with Gasteiger partial charge in [-0.2, -0.15) is 26.3 Å². The van der Waals surface area contributed by atoms with Gasteiger partial charge in [0.1, 0.15) is 5.75 Å². The molecule has 0 unspecified atom stereocenters. The highest BCUT2D eigenvalue weighted by atomic mass is 19.4. The summed E-state index contributed by atoms with van der Waals surface area (Å²) in [4.78, 5) is 11.7. The first kappa shape index (κ1) is 21.0. The Labute approximate surface area is 161 Å². The molecular formula is C20H16F6O3. The fourth-order valence-corrected chi connectivity index (χ4v) is 3.33. The molecule has 1 aliphatic rings. The molecule has 0 amide bonds. The van der Waals surface area contributed by atoms with Gasteiger partial charge in [0.15, 0.2) is 6.61 Å². The summed E-state index contributed by atoms with van der Waals surface area (Å²) < 4.78 is 81.1. The van der Waals surface area contributed by atoms with Crippen molar-refractivity contribution < 1.29 is 41.0 Å². The SMILES string of the molecule is O=C(O)C1(c2ccc(-c3ccc(C(F)(F)F)cc3)c(OCC(F)(F)F)c2)CCC1. The van der Waals surface area contributed by atoms with Crippen LogP contribution in [0, 0.1) is 0 Å². The van der Waals surface area contributed by atoms with E-state index in [-0.39, 0.29) is 16.9 Å². The minimum Gasteiger partial charge on any atom is -0.483 e. The Morgan fingerprint density at radius 3 is 2.07 bits per heavy atom. The van der Waals surface area contributed by atoms with E-state index >= 15 is 0 Å². The van der Waals surface area contributed by atoms with Gasteiger partial charge in [0.2, 0.25) is 0 Å². The summed E-state index contributed by atoms with van der Waals surface area (Å²) in [6.07, 6.45) is -7.81. The van der Waals surface area contributed by atoms with Gasteiger partial charge in [0, 0.05) is 5.56 Å². The molecule has 1 N–H and O–H groups in total. The third kappa shape index (κ3) is 4.33. The molecule has 1 aliphatic carbocycles. The monoisotopic (exact) mass is 418 g/mol. The van der Waals surface area contributed by atoms with E-state index in [9.17, 15) is 36.2 Å². The highest BCUT2D eigenvalue weighted by molar-refractivity contribution is 5.83. The summed E-state index contributed by atoms with van der Waals surface area (Å²) in [7, 11) is 0. The van der Waals surface area contributed by atoms with E-state index in [1.165, 1.54) is 18.2 Å². The molecule has 3 rings (SSSR count). The number of hydrogen-bond acceptors (Lipinski definition) is 2. The molecule has 0 saturated heterocycles. The summed E-state index contributed by atoms with van der Waals surface area (Å²) in [5.74, 6) is -1.31. The number of benzene rings is 2. The Bertz CT molecular complexity index is 896. The zero-order chi connectivity index (χ0) is 21.4. The minimum atomic E-state index is -4.63. The summed E-state index contributed by atoms with van der Waals surface area (Å²) in [6.45, 7) is -1.61. The van der Waals surface area contributed by atoms with Crippen LogP contribution in [0.1, 0.15) is 30.4 Å². The van der Waals surface area contributed by atoms with Crippen molar-refractivity contribution in [1.29, 1.82) is 0 Å². The van der Waals surface area contributed by atoms with Crippen molar-refractivity contribution in [2.75, 3.05) is 6.61 Å². The molecule has 0 spiro atoms. The van der Waals surface area contributed by atoms with Gasteiger partial charge >= 0.3 is 18.3 Å². The van der Waals surface area contributed by atoms with Gasteiger partial charge in [-0.05, 0) is 42.2 Å². The normalized spacial score (nSPS) is 16.2. The zero-order valence-electron chi connectivity index (χ0n) is 14.9. The van der Waals surface area contributed by atoms with E-state index in [2.05, 4.69) is 0 Å². The summed E-state index contributed by atoms with van der Waals surface area (Å²) in [6, 6.07) is 8.01. The number of carboxylic acid groups (broad SMARTS) is 1. The molecule has 2 aromatic rings. The van der Waals surface area contributed by atoms with Crippen LogP contribution < -0.4 is 4.74 Å². The molecule has 0 atom stereocenters. The van der Waals surface area contributed by atoms with E-state index in [0.29, 0.717) is 24.8 Å². The quantitative estimate of drug-likeness (QED) is 0.623. The van der Waals surface area contributed by atoms with Crippen LogP contribution >= 0.6 is 0 Å². The fraction of sp³-hybridized carbons (Fsp3) is 0.350. The second-order valence-corrected chi connectivity index (χ2v) is 6.93. The number of aliphatic carboxylic acids is 1. The van der Waals surface area contributed by atoms with Crippen LogP contribution in [-0.2, 0) is 16.4 Å². The third-order valence-electron chi connectivity index (χ3n) is 5.07. The fourth-order valence-electron chi connectivity index (χ4n) is 3.33. The number of carboxylic acids is 1. The van der Waals surface area contributed by atoms with Gasteiger partial charge in [-0.25, -0.2) is 0 Å². The van der Waals surface area contributed by atoms with Crippen LogP contribution in [0.4, 0.5) is 26.3 Å². The minimum absolute atomic E-state index is 0.145. The number of ether oxygens (including phenoxy) is 1. The van der Waals surface area contributed by atoms with E-state index < -0.39 is 35.9 Å². The van der Waals surface area contributed by atoms with Crippen LogP contribution in [0.25, 0.3) is 11.1 Å². The maximum absolute atomic E-state index is 12.8. The van der Waals surface area contributed by atoms with Crippen molar-refractivity contribution in [2.45, 2.75) is 37.0 Å². The molecule has 3 nitrogen and oxygen atoms in total. The lowest BCUT2D eigenvalue weighted by atomic mass is 9.64. The average molecular weight is 418 g/mol. The maximum Gasteiger partial charge on any atom is 0.422 e. The molecule has 156 valence electrons. The smallest absolute Gasteiger partial charge is 0.422 e. The molecule has 9 heteroatoms. The van der Waals surface area contributed by atoms with Gasteiger partial charge in [0.25, 0.3) is 0 Å². The second-order valence-electron chi connectivity index (χ2n) is 6.93. The second kappa shape index (κ2) is 7.27. The summed E-state index contributed by atoms with van der Waals surface area (Å²) in [5.41, 5.74) is -1.40. The van der Waals surface area contributed by atoms with E-state index in [0.717, 1.165) is 24.3 Å². The third-order valence-corrected chi connectivity index (χ3v) is 5.07. The molecule has 1 saturated carbocycles. The Hall–Kier alpha value is -2.71. The Morgan fingerprint density at radius 1 is 1.00 bits per heavy atom. The number of halogens is 6. The highest BCUT2D eigenvalue weighted by Crippen LogP contribution is 2.46. The van der Waals surface area contributed by atoms with Crippen molar-refractivity contribution in [3.8, 4) is 16.9 Å². The van der Waals surface area contributed by atoms with E-state index in [1.54, 1.807) is 0 Å². The average Bonchev–Trinajstić information content (AvgIpc) is 2.57. The molecule has 0 radical (unpaired) electrons. The van der Waals surface area contributed by atoms with Crippen LogP contribution in [0.5, 0.6) is 5.75 Å². The summed E-state index contributed by atoms with van der Waals surface area (Å²) >= 11 is 0. The van der Waals surface area contributed by atoms with Gasteiger partial charge in [-0.1, -0.05) is 30.7 Å². The van der Waals surface area contributed by atoms with Crippen LogP contribution in [0.2, 0.25) is 0 Å². The van der Waals surface area contributed by atoms with Gasteiger partial charge < -0.3 is 9.84 Å².